The molecule has 2 atom stereocenters. The number of rotatable bonds is 7. The maximum atomic E-state index is 12.8. The van der Waals surface area contributed by atoms with Crippen molar-refractivity contribution < 1.29 is 19.1 Å². The largest absolute Gasteiger partial charge is 0.469 e. The van der Waals surface area contributed by atoms with Gasteiger partial charge in [0.05, 0.1) is 18.9 Å². The first-order valence-corrected chi connectivity index (χ1v) is 9.94. The number of carbonyl (C=O) groups is 3. The summed E-state index contributed by atoms with van der Waals surface area (Å²) in [5, 5.41) is 0. The van der Waals surface area contributed by atoms with Crippen LogP contribution in [0.2, 0.25) is 0 Å². The minimum atomic E-state index is -0.392. The van der Waals surface area contributed by atoms with E-state index in [-0.39, 0.29) is 30.1 Å². The zero-order valence-corrected chi connectivity index (χ0v) is 16.5. The Kier molecular flexibility index (Phi) is 7.08. The van der Waals surface area contributed by atoms with Gasteiger partial charge in [-0.3, -0.25) is 14.4 Å². The van der Waals surface area contributed by atoms with Crippen LogP contribution in [-0.4, -0.2) is 55.7 Å². The molecular weight excluding hydrogens is 352 g/mol. The summed E-state index contributed by atoms with van der Waals surface area (Å²) in [5.41, 5.74) is 0.814. The fraction of sp³-hybridized carbons (Fsp3) is 0.526. The predicted octanol–water partition coefficient (Wildman–Crippen LogP) is 2.42. The van der Waals surface area contributed by atoms with E-state index in [1.165, 1.54) is 7.11 Å². The van der Waals surface area contributed by atoms with Crippen LogP contribution < -0.4 is 4.90 Å². The summed E-state index contributed by atoms with van der Waals surface area (Å²) in [4.78, 5) is 41.3. The third-order valence-electron chi connectivity index (χ3n) is 4.65. The van der Waals surface area contributed by atoms with Crippen molar-refractivity contribution in [2.75, 3.05) is 37.9 Å². The zero-order valence-electron chi connectivity index (χ0n) is 15.7. The van der Waals surface area contributed by atoms with Gasteiger partial charge >= 0.3 is 5.97 Å². The fourth-order valence-corrected chi connectivity index (χ4v) is 3.53. The Morgan fingerprint density at radius 2 is 2.00 bits per heavy atom. The van der Waals surface area contributed by atoms with Crippen LogP contribution in [0.1, 0.15) is 20.3 Å². The Bertz CT molecular complexity index is 662. The van der Waals surface area contributed by atoms with E-state index < -0.39 is 5.92 Å². The average Bonchev–Trinajstić information content (AvgIpc) is 3.06. The third-order valence-corrected chi connectivity index (χ3v) is 5.39. The highest BCUT2D eigenvalue weighted by molar-refractivity contribution is 7.98. The fourth-order valence-electron chi connectivity index (χ4n) is 3.12. The van der Waals surface area contributed by atoms with Crippen molar-refractivity contribution in [3.05, 3.63) is 24.3 Å². The number of anilines is 1. The number of nitrogens with zero attached hydrogens (tertiary/aromatic N) is 2. The maximum absolute atomic E-state index is 12.8. The summed E-state index contributed by atoms with van der Waals surface area (Å²) in [6, 6.07) is 7.76. The van der Waals surface area contributed by atoms with Crippen molar-refractivity contribution in [3.8, 4) is 0 Å². The number of carbonyl (C=O) groups excluding carboxylic acids is 3. The van der Waals surface area contributed by atoms with E-state index in [9.17, 15) is 14.4 Å². The SMILES string of the molecule is CCN(CC(C)C(=O)OC)C(=O)C1CC(=O)N(c2ccc(SC)cc2)C1. The molecule has 0 aliphatic carbocycles. The van der Waals surface area contributed by atoms with Gasteiger partial charge in [0, 0.05) is 36.6 Å². The molecule has 2 rings (SSSR count). The van der Waals surface area contributed by atoms with Crippen LogP contribution in [0, 0.1) is 11.8 Å². The standard InChI is InChI=1S/C19H26N2O4S/c1-5-20(11-13(2)19(24)25-3)18(23)14-10-17(22)21(12-14)15-6-8-16(26-4)9-7-15/h6-9,13-14H,5,10-12H2,1-4H3. The molecule has 7 heteroatoms. The molecule has 1 aromatic rings. The Hall–Kier alpha value is -2.02. The maximum Gasteiger partial charge on any atom is 0.310 e. The minimum absolute atomic E-state index is 0.0441. The smallest absolute Gasteiger partial charge is 0.310 e. The van der Waals surface area contributed by atoms with Gasteiger partial charge in [-0.15, -0.1) is 11.8 Å². The van der Waals surface area contributed by atoms with Crippen molar-refractivity contribution in [2.45, 2.75) is 25.2 Å². The first kappa shape index (κ1) is 20.3. The van der Waals surface area contributed by atoms with E-state index in [4.69, 9.17) is 4.74 Å². The number of ether oxygens (including phenoxy) is 1. The Morgan fingerprint density at radius 1 is 1.35 bits per heavy atom. The van der Waals surface area contributed by atoms with E-state index >= 15 is 0 Å². The van der Waals surface area contributed by atoms with Gasteiger partial charge in [-0.05, 0) is 37.4 Å². The Balaban J connectivity index is 2.05. The molecule has 0 radical (unpaired) electrons. The van der Waals surface area contributed by atoms with Crippen LogP contribution in [0.15, 0.2) is 29.2 Å². The minimum Gasteiger partial charge on any atom is -0.469 e. The molecule has 1 heterocycles. The van der Waals surface area contributed by atoms with Crippen LogP contribution in [0.25, 0.3) is 0 Å². The molecule has 142 valence electrons. The molecule has 1 aromatic carbocycles. The molecule has 0 aromatic heterocycles. The molecule has 1 aliphatic rings. The quantitative estimate of drug-likeness (QED) is 0.538. The molecule has 6 nitrogen and oxygen atoms in total. The summed E-state index contributed by atoms with van der Waals surface area (Å²) in [7, 11) is 1.34. The lowest BCUT2D eigenvalue weighted by molar-refractivity contribution is -0.147. The monoisotopic (exact) mass is 378 g/mol. The van der Waals surface area contributed by atoms with E-state index in [1.54, 1.807) is 28.5 Å². The molecule has 1 saturated heterocycles. The molecule has 0 spiro atoms. The summed E-state index contributed by atoms with van der Waals surface area (Å²) >= 11 is 1.64. The van der Waals surface area contributed by atoms with Gasteiger partial charge in [-0.1, -0.05) is 6.92 Å². The van der Waals surface area contributed by atoms with Crippen molar-refractivity contribution in [2.24, 2.45) is 11.8 Å². The van der Waals surface area contributed by atoms with Gasteiger partial charge in [0.25, 0.3) is 0 Å². The topological polar surface area (TPSA) is 66.9 Å². The molecule has 0 saturated carbocycles. The molecule has 1 fully saturated rings. The van der Waals surface area contributed by atoms with Gasteiger partial charge in [0.15, 0.2) is 0 Å². The molecule has 0 N–H and O–H groups in total. The zero-order chi connectivity index (χ0) is 19.3. The van der Waals surface area contributed by atoms with Crippen molar-refractivity contribution in [3.63, 3.8) is 0 Å². The lowest BCUT2D eigenvalue weighted by Gasteiger charge is -2.26. The first-order chi connectivity index (χ1) is 12.4. The Labute approximate surface area is 158 Å². The highest BCUT2D eigenvalue weighted by Gasteiger charge is 2.37. The van der Waals surface area contributed by atoms with Crippen molar-refractivity contribution in [1.82, 2.24) is 4.90 Å². The number of hydrogen-bond donors (Lipinski definition) is 0. The van der Waals surface area contributed by atoms with Crippen LogP contribution >= 0.6 is 11.8 Å². The van der Waals surface area contributed by atoms with E-state index in [2.05, 4.69) is 0 Å². The third kappa shape index (κ3) is 4.58. The molecule has 2 amide bonds. The molecule has 2 unspecified atom stereocenters. The summed E-state index contributed by atoms with van der Waals surface area (Å²) in [6.45, 7) is 4.78. The molecule has 0 bridgehead atoms. The number of benzene rings is 1. The first-order valence-electron chi connectivity index (χ1n) is 8.72. The number of hydrogen-bond acceptors (Lipinski definition) is 5. The van der Waals surface area contributed by atoms with Gasteiger partial charge in [-0.25, -0.2) is 0 Å². The van der Waals surface area contributed by atoms with Gasteiger partial charge in [0.2, 0.25) is 11.8 Å². The Morgan fingerprint density at radius 3 is 2.54 bits per heavy atom. The molecule has 1 aliphatic heterocycles. The van der Waals surface area contributed by atoms with Crippen LogP contribution in [0.3, 0.4) is 0 Å². The lowest BCUT2D eigenvalue weighted by atomic mass is 10.1. The van der Waals surface area contributed by atoms with Crippen molar-refractivity contribution >= 4 is 35.2 Å². The van der Waals surface area contributed by atoms with Crippen LogP contribution in [-0.2, 0) is 19.1 Å². The number of amides is 2. The average molecular weight is 378 g/mol. The highest BCUT2D eigenvalue weighted by atomic mass is 32.2. The predicted molar refractivity (Wildman–Crippen MR) is 102 cm³/mol. The summed E-state index contributed by atoms with van der Waals surface area (Å²) in [5.74, 6) is -1.24. The van der Waals surface area contributed by atoms with Crippen LogP contribution in [0.5, 0.6) is 0 Å². The molecule has 26 heavy (non-hydrogen) atoms. The summed E-state index contributed by atoms with van der Waals surface area (Å²) in [6.07, 6.45) is 2.20. The van der Waals surface area contributed by atoms with Gasteiger partial charge in [-0.2, -0.15) is 0 Å². The van der Waals surface area contributed by atoms with Crippen molar-refractivity contribution in [1.29, 1.82) is 0 Å². The number of thioether (sulfide) groups is 1. The summed E-state index contributed by atoms with van der Waals surface area (Å²) < 4.78 is 4.73. The molecular formula is C19H26N2O4S. The normalized spacial score (nSPS) is 17.9. The second-order valence-electron chi connectivity index (χ2n) is 6.40. The lowest BCUT2D eigenvalue weighted by Crippen LogP contribution is -2.41. The number of methoxy groups -OCH3 is 1. The second kappa shape index (κ2) is 9.07. The van der Waals surface area contributed by atoms with E-state index in [1.807, 2.05) is 37.4 Å². The van der Waals surface area contributed by atoms with Gasteiger partial charge < -0.3 is 14.5 Å². The highest BCUT2D eigenvalue weighted by Crippen LogP contribution is 2.28. The number of esters is 1. The van der Waals surface area contributed by atoms with Crippen LogP contribution in [0.4, 0.5) is 5.69 Å². The van der Waals surface area contributed by atoms with E-state index in [0.29, 0.717) is 19.6 Å². The van der Waals surface area contributed by atoms with E-state index in [0.717, 1.165) is 10.6 Å². The second-order valence-corrected chi connectivity index (χ2v) is 7.28. The van der Waals surface area contributed by atoms with Gasteiger partial charge in [0.1, 0.15) is 0 Å².